The van der Waals surface area contributed by atoms with Gasteiger partial charge >= 0.3 is 7.99 Å². The molecule has 62 valence electrons. The van der Waals surface area contributed by atoms with Gasteiger partial charge in [-0.25, -0.2) is 4.57 Å². The van der Waals surface area contributed by atoms with E-state index in [1.807, 2.05) is 36.4 Å². The van der Waals surface area contributed by atoms with Gasteiger partial charge in [0.2, 0.25) is 0 Å². The summed E-state index contributed by atoms with van der Waals surface area (Å²) in [4.78, 5) is 6.74. The summed E-state index contributed by atoms with van der Waals surface area (Å²) in [7, 11) is -5.64. The van der Waals surface area contributed by atoms with Crippen LogP contribution in [0.4, 0.5) is 8.39 Å². The first-order chi connectivity index (χ1) is 5.00. The van der Waals surface area contributed by atoms with Crippen molar-refractivity contribution in [1.82, 2.24) is 0 Å². The van der Waals surface area contributed by atoms with Crippen molar-refractivity contribution < 1.29 is 17.9 Å². The van der Waals surface area contributed by atoms with Gasteiger partial charge in [0.1, 0.15) is 0 Å². The van der Waals surface area contributed by atoms with Gasteiger partial charge in [-0.05, 0) is 0 Å². The van der Waals surface area contributed by atoms with Crippen molar-refractivity contribution in [3.05, 3.63) is 36.4 Å². The first-order valence-corrected chi connectivity index (χ1v) is 4.16. The average molecular weight is 180 g/mol. The van der Waals surface area contributed by atoms with E-state index in [2.05, 4.69) is 0 Å². The first-order valence-electron chi connectivity index (χ1n) is 2.72. The molecule has 0 spiro atoms. The van der Waals surface area contributed by atoms with Crippen molar-refractivity contribution >= 4 is 7.99 Å². The highest BCUT2D eigenvalue weighted by molar-refractivity contribution is 7.46. The highest BCUT2D eigenvalue weighted by atomic mass is 31.2. The van der Waals surface area contributed by atoms with E-state index in [-0.39, 0.29) is 0 Å². The van der Waals surface area contributed by atoms with Crippen LogP contribution in [0.1, 0.15) is 0 Å². The molecule has 0 radical (unpaired) electrons. The fraction of sp³-hybridized carbons (Fsp3) is 0. The zero-order valence-electron chi connectivity index (χ0n) is 5.52. The molecule has 0 bridgehead atoms. The fourth-order valence-corrected chi connectivity index (χ4v) is 0.385. The molecule has 0 saturated heterocycles. The molecule has 0 aromatic heterocycles. The Bertz CT molecular complexity index is 186. The molecular weight excluding hydrogens is 173 g/mol. The van der Waals surface area contributed by atoms with Crippen molar-refractivity contribution in [2.24, 2.45) is 0 Å². The van der Waals surface area contributed by atoms with Crippen LogP contribution in [0.3, 0.4) is 0 Å². The zero-order chi connectivity index (χ0) is 8.74. The Morgan fingerprint density at radius 1 is 0.909 bits per heavy atom. The largest absolute Gasteiger partial charge is 0.549 e. The Morgan fingerprint density at radius 2 is 1.00 bits per heavy atom. The van der Waals surface area contributed by atoms with Gasteiger partial charge in [-0.2, -0.15) is 0 Å². The summed E-state index contributed by atoms with van der Waals surface area (Å²) in [5, 5.41) is 0. The Kier molecular flexibility index (Phi) is 4.66. The van der Waals surface area contributed by atoms with E-state index in [9.17, 15) is 8.39 Å². The van der Waals surface area contributed by atoms with Crippen LogP contribution in [0.25, 0.3) is 0 Å². The molecule has 11 heavy (non-hydrogen) atoms. The molecule has 1 rings (SSSR count). The van der Waals surface area contributed by atoms with Gasteiger partial charge in [0.15, 0.2) is 0 Å². The van der Waals surface area contributed by atoms with Crippen LogP contribution in [0.15, 0.2) is 36.4 Å². The quantitative estimate of drug-likeness (QED) is 0.623. The second-order valence-corrected chi connectivity index (χ2v) is 2.46. The summed E-state index contributed by atoms with van der Waals surface area (Å²) in [6.45, 7) is 0. The molecule has 1 aromatic rings. The molecule has 1 N–H and O–H groups in total. The molecule has 0 fully saturated rings. The summed E-state index contributed by atoms with van der Waals surface area (Å²) in [5.74, 6) is 0. The number of halogens is 2. The molecule has 5 heteroatoms. The number of hydrogen-bond donors (Lipinski definition) is 1. The molecule has 0 aliphatic carbocycles. The molecule has 0 aliphatic heterocycles. The Labute approximate surface area is 63.2 Å². The van der Waals surface area contributed by atoms with Gasteiger partial charge in [0, 0.05) is 0 Å². The molecule has 2 nitrogen and oxygen atoms in total. The lowest BCUT2D eigenvalue weighted by atomic mass is 10.4. The van der Waals surface area contributed by atoms with Crippen molar-refractivity contribution in [2.75, 3.05) is 0 Å². The van der Waals surface area contributed by atoms with Crippen LogP contribution in [-0.2, 0) is 4.57 Å². The monoisotopic (exact) mass is 180 g/mol. The number of hydrogen-bond acceptors (Lipinski definition) is 1. The summed E-state index contributed by atoms with van der Waals surface area (Å²) in [6.07, 6.45) is 0. The molecule has 0 aliphatic rings. The van der Waals surface area contributed by atoms with Crippen molar-refractivity contribution in [3.8, 4) is 0 Å². The van der Waals surface area contributed by atoms with Gasteiger partial charge in [-0.1, -0.05) is 36.4 Å². The van der Waals surface area contributed by atoms with Gasteiger partial charge < -0.3 is 0 Å². The fourth-order valence-electron chi connectivity index (χ4n) is 0.385. The predicted octanol–water partition coefficient (Wildman–Crippen LogP) is 2.71. The van der Waals surface area contributed by atoms with E-state index in [4.69, 9.17) is 9.46 Å². The van der Waals surface area contributed by atoms with Gasteiger partial charge in [0.05, 0.1) is 0 Å². The second kappa shape index (κ2) is 4.99. The molecule has 0 heterocycles. The van der Waals surface area contributed by atoms with Crippen LogP contribution < -0.4 is 0 Å². The van der Waals surface area contributed by atoms with E-state index in [0.717, 1.165) is 0 Å². The lowest BCUT2D eigenvalue weighted by molar-refractivity contribution is 0.376. The summed E-state index contributed by atoms with van der Waals surface area (Å²) in [6, 6.07) is 12.0. The Balaban J connectivity index is 0.000000187. The minimum atomic E-state index is -5.64. The third-order valence-corrected chi connectivity index (χ3v) is 0.667. The average Bonchev–Trinajstić information content (AvgIpc) is 1.88. The summed E-state index contributed by atoms with van der Waals surface area (Å²) >= 11 is 0. The van der Waals surface area contributed by atoms with Crippen molar-refractivity contribution in [2.45, 2.75) is 0 Å². The zero-order valence-corrected chi connectivity index (χ0v) is 6.42. The Hall–Kier alpha value is -0.730. The van der Waals surface area contributed by atoms with Crippen molar-refractivity contribution in [1.29, 1.82) is 0 Å². The van der Waals surface area contributed by atoms with E-state index in [0.29, 0.717) is 0 Å². The minimum Gasteiger partial charge on any atom is -0.296 e. The van der Waals surface area contributed by atoms with Gasteiger partial charge in [-0.15, -0.1) is 8.39 Å². The van der Waals surface area contributed by atoms with E-state index < -0.39 is 7.99 Å². The molecule has 1 aromatic carbocycles. The third-order valence-electron chi connectivity index (χ3n) is 0.667. The maximum absolute atomic E-state index is 10.1. The highest BCUT2D eigenvalue weighted by Gasteiger charge is 2.09. The number of benzene rings is 1. The smallest absolute Gasteiger partial charge is 0.296 e. The molecule has 0 amide bonds. The molecular formula is C6H7F2O2P. The van der Waals surface area contributed by atoms with Crippen LogP contribution in [-0.4, -0.2) is 4.89 Å². The van der Waals surface area contributed by atoms with E-state index in [1.165, 1.54) is 0 Å². The van der Waals surface area contributed by atoms with Gasteiger partial charge in [0.25, 0.3) is 0 Å². The molecule has 0 saturated carbocycles. The lowest BCUT2D eigenvalue weighted by Gasteiger charge is -1.73. The van der Waals surface area contributed by atoms with Crippen LogP contribution in [0, 0.1) is 0 Å². The Morgan fingerprint density at radius 3 is 1.09 bits per heavy atom. The second-order valence-electron chi connectivity index (χ2n) is 1.59. The normalized spacial score (nSPS) is 9.73. The van der Waals surface area contributed by atoms with Crippen LogP contribution >= 0.6 is 7.99 Å². The number of rotatable bonds is 0. The van der Waals surface area contributed by atoms with E-state index in [1.54, 1.807) is 0 Å². The summed E-state index contributed by atoms with van der Waals surface area (Å²) < 4.78 is 28.7. The lowest BCUT2D eigenvalue weighted by Crippen LogP contribution is -1.47. The van der Waals surface area contributed by atoms with Gasteiger partial charge in [-0.3, -0.25) is 4.89 Å². The highest BCUT2D eigenvalue weighted by Crippen LogP contribution is 2.43. The predicted molar refractivity (Wildman–Crippen MR) is 38.5 cm³/mol. The molecule has 0 atom stereocenters. The van der Waals surface area contributed by atoms with Crippen LogP contribution in [0.2, 0.25) is 0 Å². The SMILES string of the molecule is O=P(O)(F)F.c1ccccc1. The topological polar surface area (TPSA) is 37.3 Å². The maximum atomic E-state index is 10.1. The standard InChI is InChI=1S/C6H6.F2HO2P/c1-2-4-6-5-3-1;1-5(2,3)4/h1-6H;(H,3,4). The third kappa shape index (κ3) is 17.6. The van der Waals surface area contributed by atoms with Crippen LogP contribution in [0.5, 0.6) is 0 Å². The van der Waals surface area contributed by atoms with Crippen molar-refractivity contribution in [3.63, 3.8) is 0 Å². The maximum Gasteiger partial charge on any atom is 0.549 e. The first kappa shape index (κ1) is 10.3. The summed E-state index contributed by atoms with van der Waals surface area (Å²) in [5.41, 5.74) is 0. The minimum absolute atomic E-state index is 2.00. The molecule has 0 unspecified atom stereocenters. The van der Waals surface area contributed by atoms with E-state index >= 15 is 0 Å².